The number of carbonyl (C=O) groups is 1. The zero-order valence-electron chi connectivity index (χ0n) is 17.4. The van der Waals surface area contributed by atoms with E-state index in [2.05, 4.69) is 10.3 Å². The van der Waals surface area contributed by atoms with Gasteiger partial charge in [0.25, 0.3) is 5.91 Å². The number of aromatic nitrogens is 1. The van der Waals surface area contributed by atoms with Gasteiger partial charge in [-0.25, -0.2) is 13.4 Å². The highest BCUT2D eigenvalue weighted by Crippen LogP contribution is 2.29. The lowest BCUT2D eigenvalue weighted by molar-refractivity contribution is 0.0953. The SMILES string of the molecule is Cc1csc(CCCCNC(=O)c2ccc(Cl)c(S(=O)(=O)N3CCCC(C)C3)c2)n1. The minimum absolute atomic E-state index is 0.00468. The second-order valence-electron chi connectivity index (χ2n) is 7.85. The number of nitrogens with zero attached hydrogens (tertiary/aromatic N) is 2. The highest BCUT2D eigenvalue weighted by Gasteiger charge is 2.30. The number of hydrogen-bond donors (Lipinski definition) is 1. The van der Waals surface area contributed by atoms with Crippen LogP contribution in [0.25, 0.3) is 0 Å². The molecule has 1 amide bonds. The third kappa shape index (κ3) is 5.81. The fourth-order valence-corrected chi connectivity index (χ4v) is 6.49. The van der Waals surface area contributed by atoms with Crippen molar-refractivity contribution in [2.75, 3.05) is 19.6 Å². The van der Waals surface area contributed by atoms with Crippen molar-refractivity contribution < 1.29 is 13.2 Å². The number of carbonyl (C=O) groups excluding carboxylic acids is 1. The van der Waals surface area contributed by atoms with Crippen LogP contribution in [0, 0.1) is 12.8 Å². The number of aryl methyl sites for hydroxylation is 2. The van der Waals surface area contributed by atoms with E-state index in [1.165, 1.54) is 16.4 Å². The minimum Gasteiger partial charge on any atom is -0.352 e. The molecule has 1 aromatic carbocycles. The van der Waals surface area contributed by atoms with Gasteiger partial charge in [0.2, 0.25) is 10.0 Å². The number of piperidine rings is 1. The van der Waals surface area contributed by atoms with E-state index in [1.54, 1.807) is 17.4 Å². The quantitative estimate of drug-likeness (QED) is 0.585. The second-order valence-corrected chi connectivity index (χ2v) is 11.1. The summed E-state index contributed by atoms with van der Waals surface area (Å²) in [6, 6.07) is 4.44. The Morgan fingerprint density at radius 3 is 2.87 bits per heavy atom. The Balaban J connectivity index is 1.59. The molecule has 6 nitrogen and oxygen atoms in total. The number of benzene rings is 1. The topological polar surface area (TPSA) is 79.4 Å². The van der Waals surface area contributed by atoms with E-state index in [-0.39, 0.29) is 15.8 Å². The van der Waals surface area contributed by atoms with Crippen LogP contribution in [0.3, 0.4) is 0 Å². The molecule has 1 aliphatic rings. The molecule has 0 spiro atoms. The van der Waals surface area contributed by atoms with Crippen molar-refractivity contribution in [1.82, 2.24) is 14.6 Å². The van der Waals surface area contributed by atoms with Crippen LogP contribution in [0.5, 0.6) is 0 Å². The lowest BCUT2D eigenvalue weighted by atomic mass is 10.0. The van der Waals surface area contributed by atoms with E-state index in [0.717, 1.165) is 42.8 Å². The molecule has 164 valence electrons. The number of sulfonamides is 1. The Hall–Kier alpha value is -1.48. The summed E-state index contributed by atoms with van der Waals surface area (Å²) in [5.74, 6) is 0.0206. The van der Waals surface area contributed by atoms with Crippen LogP contribution in [-0.2, 0) is 16.4 Å². The van der Waals surface area contributed by atoms with Gasteiger partial charge >= 0.3 is 0 Å². The van der Waals surface area contributed by atoms with Crippen LogP contribution in [0.2, 0.25) is 5.02 Å². The van der Waals surface area contributed by atoms with Crippen molar-refractivity contribution in [2.24, 2.45) is 5.92 Å². The van der Waals surface area contributed by atoms with Gasteiger partial charge in [-0.3, -0.25) is 4.79 Å². The van der Waals surface area contributed by atoms with Crippen molar-refractivity contribution in [3.63, 3.8) is 0 Å². The number of thiazole rings is 1. The fraction of sp³-hybridized carbons (Fsp3) is 0.524. The average Bonchev–Trinajstić information content (AvgIpc) is 3.13. The van der Waals surface area contributed by atoms with Crippen molar-refractivity contribution in [3.05, 3.63) is 44.9 Å². The molecule has 0 aliphatic carbocycles. The number of nitrogens with one attached hydrogen (secondary N) is 1. The Morgan fingerprint density at radius 2 is 2.17 bits per heavy atom. The normalized spacial score (nSPS) is 17.8. The van der Waals surface area contributed by atoms with Gasteiger partial charge in [-0.15, -0.1) is 11.3 Å². The first kappa shape index (κ1) is 23.2. The van der Waals surface area contributed by atoms with E-state index in [1.807, 2.05) is 19.2 Å². The number of amides is 1. The van der Waals surface area contributed by atoms with Crippen LogP contribution >= 0.6 is 22.9 Å². The molecule has 1 saturated heterocycles. The van der Waals surface area contributed by atoms with Gasteiger partial charge in [0.15, 0.2) is 0 Å². The van der Waals surface area contributed by atoms with Crippen molar-refractivity contribution >= 4 is 38.9 Å². The summed E-state index contributed by atoms with van der Waals surface area (Å²) in [6.07, 6.45) is 4.50. The third-order valence-electron chi connectivity index (χ3n) is 5.20. The van der Waals surface area contributed by atoms with E-state index in [0.29, 0.717) is 31.1 Å². The zero-order chi connectivity index (χ0) is 21.7. The molecule has 1 unspecified atom stereocenters. The molecular weight excluding hydrogens is 442 g/mol. The lowest BCUT2D eigenvalue weighted by Gasteiger charge is -2.30. The first-order chi connectivity index (χ1) is 14.3. The van der Waals surface area contributed by atoms with Gasteiger partial charge in [0.05, 0.1) is 10.0 Å². The molecule has 0 saturated carbocycles. The van der Waals surface area contributed by atoms with Gasteiger partial charge in [-0.1, -0.05) is 18.5 Å². The monoisotopic (exact) mass is 469 g/mol. The van der Waals surface area contributed by atoms with E-state index in [9.17, 15) is 13.2 Å². The predicted molar refractivity (Wildman–Crippen MR) is 121 cm³/mol. The van der Waals surface area contributed by atoms with Gasteiger partial charge in [0.1, 0.15) is 4.90 Å². The Bertz CT molecular complexity index is 991. The highest BCUT2D eigenvalue weighted by atomic mass is 35.5. The second kappa shape index (κ2) is 10.2. The summed E-state index contributed by atoms with van der Waals surface area (Å²) in [4.78, 5) is 17.0. The summed E-state index contributed by atoms with van der Waals surface area (Å²) in [5.41, 5.74) is 1.34. The molecule has 1 fully saturated rings. The number of unbranched alkanes of at least 4 members (excludes halogenated alkanes) is 1. The Morgan fingerprint density at radius 1 is 1.37 bits per heavy atom. The summed E-state index contributed by atoms with van der Waals surface area (Å²) in [6.45, 7) is 5.51. The molecule has 1 atom stereocenters. The van der Waals surface area contributed by atoms with E-state index >= 15 is 0 Å². The maximum absolute atomic E-state index is 13.1. The van der Waals surface area contributed by atoms with Crippen molar-refractivity contribution in [2.45, 2.75) is 50.8 Å². The largest absolute Gasteiger partial charge is 0.352 e. The molecule has 30 heavy (non-hydrogen) atoms. The molecule has 9 heteroatoms. The number of rotatable bonds is 8. The summed E-state index contributed by atoms with van der Waals surface area (Å²) >= 11 is 7.86. The maximum Gasteiger partial charge on any atom is 0.251 e. The van der Waals surface area contributed by atoms with Crippen molar-refractivity contribution in [3.8, 4) is 0 Å². The third-order valence-corrected chi connectivity index (χ3v) is 8.57. The van der Waals surface area contributed by atoms with Crippen LogP contribution < -0.4 is 5.32 Å². The number of hydrogen-bond acceptors (Lipinski definition) is 5. The molecular formula is C21H28ClN3O3S2. The maximum atomic E-state index is 13.1. The molecule has 1 aliphatic heterocycles. The molecule has 3 rings (SSSR count). The molecule has 0 radical (unpaired) electrons. The molecule has 2 heterocycles. The number of halogens is 1. The minimum atomic E-state index is -3.72. The summed E-state index contributed by atoms with van der Waals surface area (Å²) in [7, 11) is -3.72. The van der Waals surface area contributed by atoms with Gasteiger partial charge < -0.3 is 5.32 Å². The van der Waals surface area contributed by atoms with Gasteiger partial charge in [-0.05, 0) is 63.1 Å². The van der Waals surface area contributed by atoms with Gasteiger partial charge in [-0.2, -0.15) is 4.31 Å². The molecule has 1 aromatic heterocycles. The lowest BCUT2D eigenvalue weighted by Crippen LogP contribution is -2.39. The van der Waals surface area contributed by atoms with Crippen LogP contribution in [-0.4, -0.2) is 43.2 Å². The Kier molecular flexibility index (Phi) is 7.90. The van der Waals surface area contributed by atoms with E-state index in [4.69, 9.17) is 11.6 Å². The van der Waals surface area contributed by atoms with Crippen LogP contribution in [0.4, 0.5) is 0 Å². The van der Waals surface area contributed by atoms with Crippen LogP contribution in [0.15, 0.2) is 28.5 Å². The smallest absolute Gasteiger partial charge is 0.251 e. The predicted octanol–water partition coefficient (Wildman–Crippen LogP) is 4.28. The Labute approximate surface area is 187 Å². The average molecular weight is 470 g/mol. The first-order valence-electron chi connectivity index (χ1n) is 10.3. The van der Waals surface area contributed by atoms with E-state index < -0.39 is 10.0 Å². The van der Waals surface area contributed by atoms with Crippen LogP contribution in [0.1, 0.15) is 53.7 Å². The summed E-state index contributed by atoms with van der Waals surface area (Å²) in [5, 5.41) is 6.16. The zero-order valence-corrected chi connectivity index (χ0v) is 19.7. The van der Waals surface area contributed by atoms with Crippen molar-refractivity contribution in [1.29, 1.82) is 0 Å². The first-order valence-corrected chi connectivity index (χ1v) is 13.0. The standard InChI is InChI=1S/C21H28ClN3O3S2/c1-15-6-5-11-25(13-15)30(27,28)19-12-17(8-9-18(19)22)21(26)23-10-4-3-7-20-24-16(2)14-29-20/h8-9,12,14-15H,3-7,10-11,13H2,1-2H3,(H,23,26). The molecule has 0 bridgehead atoms. The molecule has 1 N–H and O–H groups in total. The fourth-order valence-electron chi connectivity index (χ4n) is 3.57. The highest BCUT2D eigenvalue weighted by molar-refractivity contribution is 7.89. The molecule has 2 aromatic rings. The van der Waals surface area contributed by atoms with Gasteiger partial charge in [0, 0.05) is 36.3 Å². The summed E-state index contributed by atoms with van der Waals surface area (Å²) < 4.78 is 27.6.